The van der Waals surface area contributed by atoms with E-state index < -0.39 is 5.79 Å². The second-order valence-corrected chi connectivity index (χ2v) is 13.2. The molecule has 0 bridgehead atoms. The van der Waals surface area contributed by atoms with Crippen molar-refractivity contribution in [2.45, 2.75) is 110 Å². The van der Waals surface area contributed by atoms with Gasteiger partial charge in [0.1, 0.15) is 0 Å². The number of ether oxygens (including phenoxy) is 2. The Bertz CT molecular complexity index is 726. The van der Waals surface area contributed by atoms with Gasteiger partial charge in [0.25, 0.3) is 0 Å². The fourth-order valence-corrected chi connectivity index (χ4v) is 10.2. The summed E-state index contributed by atoms with van der Waals surface area (Å²) in [4.78, 5) is 0. The molecule has 2 aliphatic heterocycles. The Morgan fingerprint density at radius 2 is 1.65 bits per heavy atom. The lowest BCUT2D eigenvalue weighted by atomic mass is 9.44. The minimum absolute atomic E-state index is 0.0617. The molecule has 6 rings (SSSR count). The van der Waals surface area contributed by atoms with Crippen LogP contribution in [0.15, 0.2) is 0 Å². The molecule has 4 saturated carbocycles. The van der Waals surface area contributed by atoms with Crippen LogP contribution in [-0.2, 0) is 9.47 Å². The SMILES string of the molecule is C[C@H]1CO[C@]2(C[C@@H]1O)O[C@H]1C[C@H]3[C@@H]4CC[C@H]5C[C@@H](O)CC[C@]5(C)[C@H]4CC[C@]3(C)[C@H]1[C@@H]2C. The van der Waals surface area contributed by atoms with Crippen LogP contribution < -0.4 is 0 Å². The van der Waals surface area contributed by atoms with Crippen LogP contribution in [0.1, 0.15) is 85.5 Å². The second kappa shape index (κ2) is 6.93. The van der Waals surface area contributed by atoms with Crippen LogP contribution in [0, 0.1) is 52.3 Å². The van der Waals surface area contributed by atoms with Gasteiger partial charge in [0, 0.05) is 18.3 Å². The van der Waals surface area contributed by atoms with Crippen molar-refractivity contribution in [3.05, 3.63) is 0 Å². The molecule has 4 nitrogen and oxygen atoms in total. The van der Waals surface area contributed by atoms with E-state index in [0.717, 1.165) is 36.5 Å². The third-order valence-corrected chi connectivity index (χ3v) is 12.0. The van der Waals surface area contributed by atoms with Crippen molar-refractivity contribution in [2.24, 2.45) is 52.3 Å². The Morgan fingerprint density at radius 3 is 2.42 bits per heavy atom. The smallest absolute Gasteiger partial charge is 0.174 e. The minimum Gasteiger partial charge on any atom is -0.393 e. The van der Waals surface area contributed by atoms with Gasteiger partial charge >= 0.3 is 0 Å². The summed E-state index contributed by atoms with van der Waals surface area (Å²) in [5, 5.41) is 20.9. The first kappa shape index (κ1) is 21.4. The highest BCUT2D eigenvalue weighted by molar-refractivity contribution is 5.15. The summed E-state index contributed by atoms with van der Waals surface area (Å²) in [6, 6.07) is 0. The largest absolute Gasteiger partial charge is 0.393 e. The third-order valence-electron chi connectivity index (χ3n) is 12.0. The third kappa shape index (κ3) is 2.80. The second-order valence-electron chi connectivity index (χ2n) is 13.2. The fraction of sp³-hybridized carbons (Fsp3) is 1.00. The molecule has 0 unspecified atom stereocenters. The number of aliphatic hydroxyl groups is 2. The van der Waals surface area contributed by atoms with Crippen LogP contribution in [0.5, 0.6) is 0 Å². The van der Waals surface area contributed by atoms with Gasteiger partial charge in [0.05, 0.1) is 24.9 Å². The van der Waals surface area contributed by atoms with Crippen molar-refractivity contribution in [3.8, 4) is 0 Å². The molecule has 0 amide bonds. The van der Waals surface area contributed by atoms with Gasteiger partial charge in [0.2, 0.25) is 0 Å². The first-order valence-corrected chi connectivity index (χ1v) is 13.4. The Kier molecular flexibility index (Phi) is 4.78. The van der Waals surface area contributed by atoms with Crippen LogP contribution in [0.4, 0.5) is 0 Å². The summed E-state index contributed by atoms with van der Waals surface area (Å²) in [6.45, 7) is 10.2. The first-order valence-electron chi connectivity index (χ1n) is 13.4. The zero-order valence-corrected chi connectivity index (χ0v) is 20.1. The van der Waals surface area contributed by atoms with Gasteiger partial charge < -0.3 is 19.7 Å². The van der Waals surface area contributed by atoms with Crippen LogP contribution in [0.2, 0.25) is 0 Å². The van der Waals surface area contributed by atoms with E-state index in [1.807, 2.05) is 0 Å². The molecule has 0 aromatic heterocycles. The minimum atomic E-state index is -0.560. The predicted octanol–water partition coefficient (Wildman–Crippen LogP) is 4.76. The summed E-state index contributed by atoms with van der Waals surface area (Å²) in [5.74, 6) is 3.68. The molecule has 2 saturated heterocycles. The normalized spacial score (nSPS) is 63.3. The average molecular weight is 433 g/mol. The van der Waals surface area contributed by atoms with Crippen LogP contribution in [0.25, 0.3) is 0 Å². The van der Waals surface area contributed by atoms with Gasteiger partial charge in [-0.2, -0.15) is 0 Å². The van der Waals surface area contributed by atoms with Gasteiger partial charge in [0.15, 0.2) is 5.79 Å². The molecular formula is C27H44O4. The molecule has 0 aromatic rings. The van der Waals surface area contributed by atoms with E-state index in [1.54, 1.807) is 0 Å². The monoisotopic (exact) mass is 432 g/mol. The zero-order valence-electron chi connectivity index (χ0n) is 20.1. The van der Waals surface area contributed by atoms with Crippen LogP contribution in [0.3, 0.4) is 0 Å². The van der Waals surface area contributed by atoms with Crippen molar-refractivity contribution in [1.29, 1.82) is 0 Å². The number of aliphatic hydroxyl groups excluding tert-OH is 2. The number of hydrogen-bond acceptors (Lipinski definition) is 4. The van der Waals surface area contributed by atoms with Crippen molar-refractivity contribution in [2.75, 3.05) is 6.61 Å². The molecule has 2 heterocycles. The van der Waals surface area contributed by atoms with Crippen LogP contribution >= 0.6 is 0 Å². The van der Waals surface area contributed by atoms with Gasteiger partial charge in [-0.05, 0) is 91.8 Å². The van der Waals surface area contributed by atoms with E-state index in [9.17, 15) is 10.2 Å². The Hall–Kier alpha value is -0.160. The molecule has 13 atom stereocenters. The molecule has 31 heavy (non-hydrogen) atoms. The summed E-state index contributed by atoms with van der Waals surface area (Å²) >= 11 is 0. The highest BCUT2D eigenvalue weighted by Crippen LogP contribution is 2.71. The predicted molar refractivity (Wildman–Crippen MR) is 119 cm³/mol. The van der Waals surface area contributed by atoms with Crippen molar-refractivity contribution >= 4 is 0 Å². The first-order chi connectivity index (χ1) is 14.7. The van der Waals surface area contributed by atoms with Gasteiger partial charge in [-0.25, -0.2) is 0 Å². The molecule has 4 aliphatic carbocycles. The van der Waals surface area contributed by atoms with Gasteiger partial charge in [-0.3, -0.25) is 0 Å². The molecule has 2 N–H and O–H groups in total. The summed E-state index contributed by atoms with van der Waals surface area (Å²) in [5.41, 5.74) is 0.769. The lowest BCUT2D eigenvalue weighted by Gasteiger charge is -2.61. The standard InChI is InChI=1S/C27H44O4/c1-15-14-30-27(13-22(15)29)16(2)24-23(31-27)12-21-19-6-5-17-11-18(28)7-9-25(17,3)20(19)8-10-26(21,24)4/h15-24,28-29H,5-14H2,1-4H3/t15-,16-,17-,18-,19+,20-,21-,22-,23-,24-,25-,26-,27+/m0/s1. The Labute approximate surface area is 188 Å². The zero-order chi connectivity index (χ0) is 21.8. The Morgan fingerprint density at radius 1 is 0.871 bits per heavy atom. The fourth-order valence-electron chi connectivity index (χ4n) is 10.2. The molecule has 6 aliphatic rings. The topological polar surface area (TPSA) is 58.9 Å². The molecular weight excluding hydrogens is 388 g/mol. The van der Waals surface area contributed by atoms with Crippen molar-refractivity contribution < 1.29 is 19.7 Å². The number of rotatable bonds is 0. The molecule has 176 valence electrons. The molecule has 6 fully saturated rings. The van der Waals surface area contributed by atoms with E-state index in [1.165, 1.54) is 38.5 Å². The highest BCUT2D eigenvalue weighted by Gasteiger charge is 2.69. The van der Waals surface area contributed by atoms with E-state index in [4.69, 9.17) is 9.47 Å². The molecule has 4 heteroatoms. The van der Waals surface area contributed by atoms with E-state index in [0.29, 0.717) is 41.8 Å². The average Bonchev–Trinajstić information content (AvgIpc) is 3.16. The maximum atomic E-state index is 10.6. The summed E-state index contributed by atoms with van der Waals surface area (Å²) in [7, 11) is 0. The maximum Gasteiger partial charge on any atom is 0.174 e. The lowest BCUT2D eigenvalue weighted by Crippen LogP contribution is -2.55. The summed E-state index contributed by atoms with van der Waals surface area (Å²) < 4.78 is 13.2. The van der Waals surface area contributed by atoms with Crippen LogP contribution in [-0.4, -0.2) is 40.9 Å². The lowest BCUT2D eigenvalue weighted by molar-refractivity contribution is -0.290. The highest BCUT2D eigenvalue weighted by atomic mass is 16.7. The van der Waals surface area contributed by atoms with Gasteiger partial charge in [-0.1, -0.05) is 27.7 Å². The quantitative estimate of drug-likeness (QED) is 0.579. The summed E-state index contributed by atoms with van der Waals surface area (Å²) in [6.07, 6.45) is 10.3. The molecule has 0 aromatic carbocycles. The van der Waals surface area contributed by atoms with E-state index >= 15 is 0 Å². The number of hydrogen-bond donors (Lipinski definition) is 2. The van der Waals surface area contributed by atoms with Gasteiger partial charge in [-0.15, -0.1) is 0 Å². The van der Waals surface area contributed by atoms with E-state index in [-0.39, 0.29) is 18.1 Å². The Balaban J connectivity index is 1.26. The molecule has 0 radical (unpaired) electrons. The van der Waals surface area contributed by atoms with Crippen molar-refractivity contribution in [1.82, 2.24) is 0 Å². The number of fused-ring (bicyclic) bond motifs is 7. The van der Waals surface area contributed by atoms with E-state index in [2.05, 4.69) is 27.7 Å². The van der Waals surface area contributed by atoms with Crippen molar-refractivity contribution in [3.63, 3.8) is 0 Å². The maximum absolute atomic E-state index is 10.6. The molecule has 1 spiro atoms.